The number of amides is 1. The van der Waals surface area contributed by atoms with Crippen LogP contribution in [0.4, 0.5) is 15.8 Å². The molecule has 2 aromatic heterocycles. The van der Waals surface area contributed by atoms with Crippen LogP contribution in [0.15, 0.2) is 61.1 Å². The van der Waals surface area contributed by atoms with Gasteiger partial charge in [0.25, 0.3) is 5.91 Å². The molecular formula is C18H14ClFN4O. The average molecular weight is 357 g/mol. The van der Waals surface area contributed by atoms with Crippen molar-refractivity contribution in [2.24, 2.45) is 0 Å². The van der Waals surface area contributed by atoms with Gasteiger partial charge in [0, 0.05) is 36.5 Å². The van der Waals surface area contributed by atoms with Gasteiger partial charge in [0.05, 0.1) is 5.02 Å². The Kier molecular flexibility index (Phi) is 5.20. The van der Waals surface area contributed by atoms with Crippen molar-refractivity contribution in [1.29, 1.82) is 0 Å². The van der Waals surface area contributed by atoms with Crippen molar-refractivity contribution < 1.29 is 9.18 Å². The number of benzene rings is 1. The number of anilines is 2. The van der Waals surface area contributed by atoms with Crippen molar-refractivity contribution in [3.05, 3.63) is 83.2 Å². The maximum atomic E-state index is 13.2. The molecule has 0 saturated carbocycles. The summed E-state index contributed by atoms with van der Waals surface area (Å²) in [6.45, 7) is 0.383. The number of halogens is 2. The number of nitrogens with one attached hydrogen (secondary N) is 2. The predicted octanol–water partition coefficient (Wildman–Crippen LogP) is 3.94. The molecule has 0 spiro atoms. The van der Waals surface area contributed by atoms with Crippen LogP contribution in [0.3, 0.4) is 0 Å². The lowest BCUT2D eigenvalue weighted by Gasteiger charge is -2.09. The van der Waals surface area contributed by atoms with Gasteiger partial charge >= 0.3 is 0 Å². The largest absolute Gasteiger partial charge is 0.355 e. The van der Waals surface area contributed by atoms with Crippen molar-refractivity contribution >= 4 is 28.9 Å². The first-order valence-electron chi connectivity index (χ1n) is 7.47. The molecule has 0 aliphatic carbocycles. The standard InChI is InChI=1S/C18H14ClFN4O/c19-15-9-13(1-2-16(15)20)24-14-5-8-22-17(10-14)18(25)23-11-12-3-6-21-7-4-12/h1-10H,11H2,(H,22,24)(H,23,25). The highest BCUT2D eigenvalue weighted by Crippen LogP contribution is 2.22. The number of carbonyl (C=O) groups excluding carboxylic acids is 1. The molecule has 5 nitrogen and oxygen atoms in total. The molecule has 2 heterocycles. The minimum absolute atomic E-state index is 0.0226. The van der Waals surface area contributed by atoms with Crippen LogP contribution in [0.1, 0.15) is 16.1 Å². The quantitative estimate of drug-likeness (QED) is 0.726. The van der Waals surface area contributed by atoms with E-state index in [-0.39, 0.29) is 16.6 Å². The van der Waals surface area contributed by atoms with Crippen molar-refractivity contribution in [2.45, 2.75) is 6.54 Å². The van der Waals surface area contributed by atoms with E-state index in [9.17, 15) is 9.18 Å². The van der Waals surface area contributed by atoms with Gasteiger partial charge in [0.2, 0.25) is 0 Å². The van der Waals surface area contributed by atoms with Gasteiger partial charge in [0.1, 0.15) is 11.5 Å². The summed E-state index contributed by atoms with van der Waals surface area (Å²) in [6.07, 6.45) is 4.85. The molecule has 0 fully saturated rings. The van der Waals surface area contributed by atoms with E-state index < -0.39 is 5.82 Å². The predicted molar refractivity (Wildman–Crippen MR) is 94.3 cm³/mol. The van der Waals surface area contributed by atoms with Gasteiger partial charge in [-0.1, -0.05) is 11.6 Å². The molecular weight excluding hydrogens is 343 g/mol. The summed E-state index contributed by atoms with van der Waals surface area (Å²) in [7, 11) is 0. The highest BCUT2D eigenvalue weighted by atomic mass is 35.5. The van der Waals surface area contributed by atoms with Crippen LogP contribution in [0.25, 0.3) is 0 Å². The minimum Gasteiger partial charge on any atom is -0.355 e. The van der Waals surface area contributed by atoms with Crippen molar-refractivity contribution in [2.75, 3.05) is 5.32 Å². The molecule has 0 bridgehead atoms. The summed E-state index contributed by atoms with van der Waals surface area (Å²) < 4.78 is 13.2. The molecule has 0 radical (unpaired) electrons. The van der Waals surface area contributed by atoms with Crippen LogP contribution in [0.5, 0.6) is 0 Å². The smallest absolute Gasteiger partial charge is 0.270 e. The van der Waals surface area contributed by atoms with E-state index in [0.717, 1.165) is 5.56 Å². The lowest BCUT2D eigenvalue weighted by atomic mass is 10.2. The molecule has 0 aliphatic rings. The number of pyridine rings is 2. The SMILES string of the molecule is O=C(NCc1ccncc1)c1cc(Nc2ccc(F)c(Cl)c2)ccn1. The number of hydrogen-bond donors (Lipinski definition) is 2. The number of carbonyl (C=O) groups is 1. The number of hydrogen-bond acceptors (Lipinski definition) is 4. The zero-order valence-corrected chi connectivity index (χ0v) is 13.8. The summed E-state index contributed by atoms with van der Waals surface area (Å²) in [5.41, 5.74) is 2.47. The van der Waals surface area contributed by atoms with Crippen LogP contribution in [-0.4, -0.2) is 15.9 Å². The van der Waals surface area contributed by atoms with Gasteiger partial charge in [-0.15, -0.1) is 0 Å². The van der Waals surface area contributed by atoms with Gasteiger partial charge in [-0.25, -0.2) is 4.39 Å². The summed E-state index contributed by atoms with van der Waals surface area (Å²) in [6, 6.07) is 11.3. The van der Waals surface area contributed by atoms with Crippen LogP contribution in [0, 0.1) is 5.82 Å². The third kappa shape index (κ3) is 4.51. The molecule has 1 amide bonds. The Labute approximate surface area is 148 Å². The van der Waals surface area contributed by atoms with Gasteiger partial charge in [-0.05, 0) is 48.0 Å². The van der Waals surface area contributed by atoms with E-state index in [2.05, 4.69) is 20.6 Å². The van der Waals surface area contributed by atoms with Gasteiger partial charge in [0.15, 0.2) is 0 Å². The van der Waals surface area contributed by atoms with Crippen molar-refractivity contribution in [3.63, 3.8) is 0 Å². The molecule has 0 unspecified atom stereocenters. The molecule has 1 aromatic carbocycles. The molecule has 0 saturated heterocycles. The normalized spacial score (nSPS) is 10.3. The Morgan fingerprint density at radius 3 is 2.56 bits per heavy atom. The molecule has 25 heavy (non-hydrogen) atoms. The summed E-state index contributed by atoms with van der Waals surface area (Å²) in [5, 5.41) is 5.88. The zero-order valence-electron chi connectivity index (χ0n) is 13.0. The molecule has 2 N–H and O–H groups in total. The summed E-state index contributed by atoms with van der Waals surface area (Å²) in [5.74, 6) is -0.782. The second-order valence-corrected chi connectivity index (χ2v) is 5.63. The summed E-state index contributed by atoms with van der Waals surface area (Å²) >= 11 is 5.77. The molecule has 3 aromatic rings. The Balaban J connectivity index is 1.68. The van der Waals surface area contributed by atoms with Crippen molar-refractivity contribution in [3.8, 4) is 0 Å². The Bertz CT molecular complexity index is 889. The highest BCUT2D eigenvalue weighted by Gasteiger charge is 2.08. The lowest BCUT2D eigenvalue weighted by molar-refractivity contribution is 0.0946. The maximum absolute atomic E-state index is 13.2. The fraction of sp³-hybridized carbons (Fsp3) is 0.0556. The van der Waals surface area contributed by atoms with Crippen molar-refractivity contribution in [1.82, 2.24) is 15.3 Å². The second-order valence-electron chi connectivity index (χ2n) is 5.22. The van der Waals surface area contributed by atoms with Crippen LogP contribution in [-0.2, 0) is 6.54 Å². The monoisotopic (exact) mass is 356 g/mol. The Morgan fingerprint density at radius 1 is 1.04 bits per heavy atom. The average Bonchev–Trinajstić information content (AvgIpc) is 2.64. The Morgan fingerprint density at radius 2 is 1.80 bits per heavy atom. The zero-order chi connectivity index (χ0) is 17.6. The van der Waals surface area contributed by atoms with E-state index in [0.29, 0.717) is 17.9 Å². The van der Waals surface area contributed by atoms with E-state index in [1.807, 2.05) is 12.1 Å². The topological polar surface area (TPSA) is 66.9 Å². The molecule has 7 heteroatoms. The van der Waals surface area contributed by atoms with Gasteiger partial charge in [-0.2, -0.15) is 0 Å². The third-order valence-electron chi connectivity index (χ3n) is 3.40. The molecule has 126 valence electrons. The molecule has 3 rings (SSSR count). The van der Waals surface area contributed by atoms with Crippen LogP contribution < -0.4 is 10.6 Å². The van der Waals surface area contributed by atoms with Gasteiger partial charge < -0.3 is 10.6 Å². The van der Waals surface area contributed by atoms with Gasteiger partial charge in [-0.3, -0.25) is 14.8 Å². The fourth-order valence-corrected chi connectivity index (χ4v) is 2.33. The number of nitrogens with zero attached hydrogens (tertiary/aromatic N) is 2. The lowest BCUT2D eigenvalue weighted by Crippen LogP contribution is -2.23. The van der Waals surface area contributed by atoms with E-state index in [4.69, 9.17) is 11.6 Å². The minimum atomic E-state index is -0.488. The number of aromatic nitrogens is 2. The second kappa shape index (κ2) is 7.72. The van der Waals surface area contributed by atoms with E-state index in [1.54, 1.807) is 30.6 Å². The first kappa shape index (κ1) is 16.9. The molecule has 0 atom stereocenters. The first-order chi connectivity index (χ1) is 12.1. The first-order valence-corrected chi connectivity index (χ1v) is 7.85. The summed E-state index contributed by atoms with van der Waals surface area (Å²) in [4.78, 5) is 20.2. The third-order valence-corrected chi connectivity index (χ3v) is 3.69. The van der Waals surface area contributed by atoms with Crippen LogP contribution >= 0.6 is 11.6 Å². The Hall–Kier alpha value is -2.99. The number of rotatable bonds is 5. The van der Waals surface area contributed by atoms with Crippen LogP contribution in [0.2, 0.25) is 5.02 Å². The van der Waals surface area contributed by atoms with E-state index in [1.165, 1.54) is 18.3 Å². The molecule has 0 aliphatic heterocycles. The highest BCUT2D eigenvalue weighted by molar-refractivity contribution is 6.31. The fourth-order valence-electron chi connectivity index (χ4n) is 2.15. The maximum Gasteiger partial charge on any atom is 0.270 e. The van der Waals surface area contributed by atoms with E-state index >= 15 is 0 Å².